The highest BCUT2D eigenvalue weighted by atomic mass is 14.4. The molecule has 0 nitrogen and oxygen atoms in total. The van der Waals surface area contributed by atoms with Crippen molar-refractivity contribution in [2.75, 3.05) is 0 Å². The van der Waals surface area contributed by atoms with Crippen molar-refractivity contribution in [3.63, 3.8) is 0 Å². The first kappa shape index (κ1) is 17.5. The van der Waals surface area contributed by atoms with Crippen LogP contribution in [0, 0.1) is 0 Å². The molecular weight excluding hydrogens is 360 g/mol. The maximum atomic E-state index is 4.21. The van der Waals surface area contributed by atoms with Crippen LogP contribution in [0.15, 0.2) is 97.6 Å². The van der Waals surface area contributed by atoms with Crippen molar-refractivity contribution in [1.29, 1.82) is 0 Å². The van der Waals surface area contributed by atoms with Crippen LogP contribution in [0.3, 0.4) is 0 Å². The van der Waals surface area contributed by atoms with Crippen LogP contribution in [0.5, 0.6) is 0 Å². The maximum Gasteiger partial charge on any atom is 0.0285 e. The van der Waals surface area contributed by atoms with Crippen LogP contribution in [0.1, 0.15) is 47.4 Å². The van der Waals surface area contributed by atoms with E-state index in [1.807, 2.05) is 0 Å². The van der Waals surface area contributed by atoms with Crippen molar-refractivity contribution >= 4 is 0 Å². The molecule has 144 valence electrons. The molecule has 6 rings (SSSR count). The smallest absolute Gasteiger partial charge is 0.0285 e. The summed E-state index contributed by atoms with van der Waals surface area (Å²) >= 11 is 0. The van der Waals surface area contributed by atoms with E-state index in [9.17, 15) is 0 Å². The summed E-state index contributed by atoms with van der Waals surface area (Å²) in [4.78, 5) is 0. The van der Waals surface area contributed by atoms with E-state index in [0.29, 0.717) is 5.92 Å². The minimum atomic E-state index is 0.243. The Morgan fingerprint density at radius 3 is 1.70 bits per heavy atom. The number of allylic oxidation sites excluding steroid dienone is 1. The molecule has 0 saturated carbocycles. The van der Waals surface area contributed by atoms with Gasteiger partial charge in [-0.25, -0.2) is 0 Å². The summed E-state index contributed by atoms with van der Waals surface area (Å²) in [6.07, 6.45) is 3.23. The molecule has 2 atom stereocenters. The number of hydrogen-bond acceptors (Lipinski definition) is 0. The molecule has 0 heterocycles. The van der Waals surface area contributed by atoms with E-state index >= 15 is 0 Å². The fourth-order valence-corrected chi connectivity index (χ4v) is 5.82. The van der Waals surface area contributed by atoms with Crippen LogP contribution in [-0.4, -0.2) is 0 Å². The van der Waals surface area contributed by atoms with Crippen molar-refractivity contribution in [3.05, 3.63) is 120 Å². The van der Waals surface area contributed by atoms with E-state index in [1.165, 1.54) is 55.6 Å². The molecule has 4 aromatic rings. The molecule has 0 heteroatoms. The lowest BCUT2D eigenvalue weighted by molar-refractivity contribution is 0.798. The minimum absolute atomic E-state index is 0.243. The second-order valence-electron chi connectivity index (χ2n) is 8.38. The van der Waals surface area contributed by atoms with Crippen LogP contribution in [0.25, 0.3) is 33.4 Å². The Bertz CT molecular complexity index is 1310. The Hall–Kier alpha value is -3.38. The molecule has 30 heavy (non-hydrogen) atoms. The second kappa shape index (κ2) is 6.57. The van der Waals surface area contributed by atoms with Gasteiger partial charge in [0.15, 0.2) is 0 Å². The first-order valence-electron chi connectivity index (χ1n) is 10.9. The van der Waals surface area contributed by atoms with Crippen LogP contribution in [0.2, 0.25) is 0 Å². The van der Waals surface area contributed by atoms with Gasteiger partial charge in [-0.3, -0.25) is 0 Å². The van der Waals surface area contributed by atoms with Gasteiger partial charge in [-0.1, -0.05) is 97.9 Å². The normalized spacial score (nSPS) is 17.8. The largest absolute Gasteiger partial charge is 0.102 e. The monoisotopic (exact) mass is 384 g/mol. The number of benzene rings is 4. The van der Waals surface area contributed by atoms with Gasteiger partial charge in [0.25, 0.3) is 0 Å². The SMILES string of the molecule is C=CC1c2ccccc2-c2cccc(-c3cccc4c3C(CC)c3ccccc3-4)c21. The highest BCUT2D eigenvalue weighted by Gasteiger charge is 2.33. The fourth-order valence-electron chi connectivity index (χ4n) is 5.82. The van der Waals surface area contributed by atoms with Crippen molar-refractivity contribution in [1.82, 2.24) is 0 Å². The van der Waals surface area contributed by atoms with Crippen molar-refractivity contribution in [2.45, 2.75) is 25.2 Å². The van der Waals surface area contributed by atoms with Gasteiger partial charge in [-0.05, 0) is 62.1 Å². The molecule has 2 unspecified atom stereocenters. The minimum Gasteiger partial charge on any atom is -0.102 e. The maximum absolute atomic E-state index is 4.21. The van der Waals surface area contributed by atoms with Gasteiger partial charge >= 0.3 is 0 Å². The van der Waals surface area contributed by atoms with Gasteiger partial charge < -0.3 is 0 Å². The van der Waals surface area contributed by atoms with Crippen molar-refractivity contribution in [3.8, 4) is 33.4 Å². The average Bonchev–Trinajstić information content (AvgIpc) is 3.31. The van der Waals surface area contributed by atoms with E-state index in [1.54, 1.807) is 0 Å². The van der Waals surface area contributed by atoms with E-state index in [-0.39, 0.29) is 5.92 Å². The Morgan fingerprint density at radius 2 is 1.07 bits per heavy atom. The molecule has 0 aliphatic heterocycles. The lowest BCUT2D eigenvalue weighted by atomic mass is 9.83. The summed E-state index contributed by atoms with van der Waals surface area (Å²) in [6.45, 7) is 6.52. The third-order valence-corrected chi connectivity index (χ3v) is 7.02. The molecular formula is C30H24. The fraction of sp³-hybridized carbons (Fsp3) is 0.133. The van der Waals surface area contributed by atoms with Crippen molar-refractivity contribution < 1.29 is 0 Å². The summed E-state index contributed by atoms with van der Waals surface area (Å²) in [6, 6.07) is 31.4. The first-order valence-corrected chi connectivity index (χ1v) is 10.9. The molecule has 0 amide bonds. The van der Waals surface area contributed by atoms with E-state index in [2.05, 4.69) is 105 Å². The zero-order chi connectivity index (χ0) is 20.2. The first-order chi connectivity index (χ1) is 14.8. The molecule has 0 radical (unpaired) electrons. The summed E-state index contributed by atoms with van der Waals surface area (Å²) in [5.74, 6) is 0.696. The van der Waals surface area contributed by atoms with Crippen LogP contribution in [0.4, 0.5) is 0 Å². The van der Waals surface area contributed by atoms with Crippen LogP contribution >= 0.6 is 0 Å². The quantitative estimate of drug-likeness (QED) is 0.312. The van der Waals surface area contributed by atoms with E-state index in [0.717, 1.165) is 6.42 Å². The third kappa shape index (κ3) is 2.22. The average molecular weight is 385 g/mol. The van der Waals surface area contributed by atoms with Crippen LogP contribution in [-0.2, 0) is 0 Å². The van der Waals surface area contributed by atoms with Gasteiger partial charge in [-0.15, -0.1) is 6.58 Å². The van der Waals surface area contributed by atoms with Crippen molar-refractivity contribution in [2.24, 2.45) is 0 Å². The molecule has 0 bridgehead atoms. The molecule has 0 N–H and O–H groups in total. The Kier molecular flexibility index (Phi) is 3.83. The van der Waals surface area contributed by atoms with Gasteiger partial charge in [0, 0.05) is 11.8 Å². The lowest BCUT2D eigenvalue weighted by Gasteiger charge is -2.20. The summed E-state index contributed by atoms with van der Waals surface area (Å²) in [7, 11) is 0. The van der Waals surface area contributed by atoms with Gasteiger partial charge in [0.1, 0.15) is 0 Å². The zero-order valence-corrected chi connectivity index (χ0v) is 17.2. The summed E-state index contributed by atoms with van der Waals surface area (Å²) < 4.78 is 0. The van der Waals surface area contributed by atoms with Gasteiger partial charge in [0.05, 0.1) is 0 Å². The summed E-state index contributed by atoms with van der Waals surface area (Å²) in [5, 5.41) is 0. The Labute approximate surface area is 178 Å². The zero-order valence-electron chi connectivity index (χ0n) is 17.2. The Balaban J connectivity index is 1.64. The number of hydrogen-bond donors (Lipinski definition) is 0. The van der Waals surface area contributed by atoms with Crippen LogP contribution < -0.4 is 0 Å². The standard InChI is InChI=1S/C30H24/c1-3-19-21-11-5-7-13-23(21)25-15-9-17-27(29(19)25)28-18-10-16-26-24-14-8-6-12-22(24)20(4-2)30(26)28/h3,5-20H,1,4H2,2H3. The number of rotatable bonds is 3. The predicted octanol–water partition coefficient (Wildman–Crippen LogP) is 8.17. The molecule has 2 aliphatic carbocycles. The summed E-state index contributed by atoms with van der Waals surface area (Å²) in [5.41, 5.74) is 14.0. The Morgan fingerprint density at radius 1 is 0.600 bits per heavy atom. The highest BCUT2D eigenvalue weighted by Crippen LogP contribution is 2.54. The third-order valence-electron chi connectivity index (χ3n) is 7.02. The van der Waals surface area contributed by atoms with Gasteiger partial charge in [-0.2, -0.15) is 0 Å². The molecule has 0 fully saturated rings. The second-order valence-corrected chi connectivity index (χ2v) is 8.38. The molecule has 4 aromatic carbocycles. The molecule has 0 spiro atoms. The van der Waals surface area contributed by atoms with E-state index in [4.69, 9.17) is 0 Å². The molecule has 0 aromatic heterocycles. The van der Waals surface area contributed by atoms with Gasteiger partial charge in [0.2, 0.25) is 0 Å². The molecule has 2 aliphatic rings. The van der Waals surface area contributed by atoms with E-state index < -0.39 is 0 Å². The predicted molar refractivity (Wildman–Crippen MR) is 127 cm³/mol. The lowest BCUT2D eigenvalue weighted by Crippen LogP contribution is -2.00. The topological polar surface area (TPSA) is 0 Å². The number of fused-ring (bicyclic) bond motifs is 6. The highest BCUT2D eigenvalue weighted by molar-refractivity contribution is 5.92. The molecule has 0 saturated heterocycles.